The summed E-state index contributed by atoms with van der Waals surface area (Å²) in [6.07, 6.45) is 3.35. The molecule has 1 heterocycles. The Kier molecular flexibility index (Phi) is 5.77. The molecule has 1 aromatic heterocycles. The van der Waals surface area contributed by atoms with Crippen LogP contribution in [0.1, 0.15) is 22.4 Å². The number of imidazole rings is 1. The maximum Gasteiger partial charge on any atom is 0.311 e. The highest BCUT2D eigenvalue weighted by molar-refractivity contribution is 5.80. The van der Waals surface area contributed by atoms with Gasteiger partial charge in [-0.25, -0.2) is 9.66 Å². The second kappa shape index (κ2) is 8.42. The van der Waals surface area contributed by atoms with E-state index in [-0.39, 0.29) is 18.0 Å². The van der Waals surface area contributed by atoms with Gasteiger partial charge in [-0.15, -0.1) is 0 Å². The van der Waals surface area contributed by atoms with Crippen molar-refractivity contribution in [2.45, 2.75) is 20.5 Å². The van der Waals surface area contributed by atoms with Crippen LogP contribution in [0.3, 0.4) is 0 Å². The van der Waals surface area contributed by atoms with Crippen LogP contribution in [-0.2, 0) is 6.61 Å². The SMILES string of the molecule is COc1ccc(C=Nn2cc(C)nc2N)cc1COc1ccc(C)cc1[N+](=O)[O-]. The van der Waals surface area contributed by atoms with Gasteiger partial charge in [0.2, 0.25) is 5.95 Å². The number of methoxy groups -OCH3 is 1. The minimum Gasteiger partial charge on any atom is -0.496 e. The smallest absolute Gasteiger partial charge is 0.311 e. The van der Waals surface area contributed by atoms with E-state index < -0.39 is 4.92 Å². The van der Waals surface area contributed by atoms with Crippen LogP contribution in [0, 0.1) is 24.0 Å². The van der Waals surface area contributed by atoms with Gasteiger partial charge in [-0.2, -0.15) is 5.10 Å². The Hall–Kier alpha value is -3.88. The fourth-order valence-electron chi connectivity index (χ4n) is 2.76. The van der Waals surface area contributed by atoms with Crippen LogP contribution in [0.2, 0.25) is 0 Å². The summed E-state index contributed by atoms with van der Waals surface area (Å²) in [5, 5.41) is 15.6. The first-order valence-corrected chi connectivity index (χ1v) is 8.78. The number of aromatic nitrogens is 2. The summed E-state index contributed by atoms with van der Waals surface area (Å²) in [6.45, 7) is 3.72. The summed E-state index contributed by atoms with van der Waals surface area (Å²) in [6, 6.07) is 10.3. The average Bonchev–Trinajstić information content (AvgIpc) is 3.02. The topological polar surface area (TPSA) is 118 Å². The molecule has 3 aromatic rings. The van der Waals surface area contributed by atoms with Crippen molar-refractivity contribution in [3.05, 3.63) is 75.1 Å². The molecule has 9 heteroatoms. The van der Waals surface area contributed by atoms with Crippen molar-refractivity contribution >= 4 is 17.9 Å². The predicted molar refractivity (Wildman–Crippen MR) is 110 cm³/mol. The molecule has 0 radical (unpaired) electrons. The number of aryl methyl sites for hydroxylation is 2. The summed E-state index contributed by atoms with van der Waals surface area (Å²) in [7, 11) is 1.55. The maximum atomic E-state index is 11.3. The molecule has 150 valence electrons. The lowest BCUT2D eigenvalue weighted by molar-refractivity contribution is -0.386. The van der Waals surface area contributed by atoms with Crippen LogP contribution in [0.5, 0.6) is 11.5 Å². The van der Waals surface area contributed by atoms with E-state index in [0.29, 0.717) is 11.7 Å². The van der Waals surface area contributed by atoms with Crippen LogP contribution in [-0.4, -0.2) is 27.9 Å². The molecule has 0 saturated carbocycles. The van der Waals surface area contributed by atoms with Gasteiger partial charge in [-0.1, -0.05) is 6.07 Å². The van der Waals surface area contributed by atoms with E-state index in [1.165, 1.54) is 10.7 Å². The van der Waals surface area contributed by atoms with E-state index in [1.807, 2.05) is 19.1 Å². The molecule has 2 N–H and O–H groups in total. The van der Waals surface area contributed by atoms with Crippen LogP contribution >= 0.6 is 0 Å². The predicted octanol–water partition coefficient (Wildman–Crippen LogP) is 3.46. The summed E-state index contributed by atoms with van der Waals surface area (Å²) in [5.74, 6) is 1.10. The summed E-state index contributed by atoms with van der Waals surface area (Å²) in [4.78, 5) is 14.9. The molecule has 0 atom stereocenters. The van der Waals surface area contributed by atoms with E-state index in [9.17, 15) is 10.1 Å². The Bertz CT molecular complexity index is 1070. The lowest BCUT2D eigenvalue weighted by Gasteiger charge is -2.11. The van der Waals surface area contributed by atoms with Crippen molar-refractivity contribution in [3.8, 4) is 11.5 Å². The molecule has 0 aliphatic carbocycles. The molecule has 0 saturated heterocycles. The van der Waals surface area contributed by atoms with Gasteiger partial charge in [0, 0.05) is 11.6 Å². The third-order valence-electron chi connectivity index (χ3n) is 4.16. The lowest BCUT2D eigenvalue weighted by atomic mass is 10.1. The number of nitro groups is 1. The minimum atomic E-state index is -0.458. The Morgan fingerprint density at radius 1 is 1.24 bits per heavy atom. The molecule has 9 nitrogen and oxygen atoms in total. The van der Waals surface area contributed by atoms with Crippen LogP contribution < -0.4 is 15.2 Å². The Morgan fingerprint density at radius 3 is 2.66 bits per heavy atom. The van der Waals surface area contributed by atoms with E-state index in [2.05, 4.69) is 10.1 Å². The number of nitrogens with two attached hydrogens (primary N) is 1. The van der Waals surface area contributed by atoms with E-state index in [4.69, 9.17) is 15.2 Å². The van der Waals surface area contributed by atoms with Gasteiger partial charge < -0.3 is 15.2 Å². The lowest BCUT2D eigenvalue weighted by Crippen LogP contribution is -2.02. The van der Waals surface area contributed by atoms with Gasteiger partial charge in [0.1, 0.15) is 12.4 Å². The molecule has 3 rings (SSSR count). The molecule has 0 bridgehead atoms. The number of ether oxygens (including phenoxy) is 2. The van der Waals surface area contributed by atoms with Crippen molar-refractivity contribution in [3.63, 3.8) is 0 Å². The quantitative estimate of drug-likeness (QED) is 0.372. The average molecular weight is 395 g/mol. The zero-order valence-electron chi connectivity index (χ0n) is 16.3. The first-order chi connectivity index (χ1) is 13.9. The van der Waals surface area contributed by atoms with Gasteiger partial charge in [0.25, 0.3) is 0 Å². The Balaban J connectivity index is 1.83. The van der Waals surface area contributed by atoms with E-state index in [1.54, 1.807) is 44.6 Å². The highest BCUT2D eigenvalue weighted by Crippen LogP contribution is 2.29. The number of nitro benzene ring substituents is 1. The summed E-state index contributed by atoms with van der Waals surface area (Å²) in [5.41, 5.74) is 8.77. The van der Waals surface area contributed by atoms with Crippen molar-refractivity contribution in [2.24, 2.45) is 5.10 Å². The first-order valence-electron chi connectivity index (χ1n) is 8.78. The normalized spacial score (nSPS) is 11.0. The van der Waals surface area contributed by atoms with Gasteiger partial charge in [0.15, 0.2) is 5.75 Å². The molecule has 0 unspecified atom stereocenters. The molecule has 0 amide bonds. The first kappa shape index (κ1) is 19.9. The number of rotatable bonds is 7. The number of nitrogens with zero attached hydrogens (tertiary/aromatic N) is 4. The van der Waals surface area contributed by atoms with E-state index >= 15 is 0 Å². The largest absolute Gasteiger partial charge is 0.496 e. The van der Waals surface area contributed by atoms with Crippen LogP contribution in [0.4, 0.5) is 11.6 Å². The second-order valence-corrected chi connectivity index (χ2v) is 6.42. The van der Waals surface area contributed by atoms with Gasteiger partial charge in [-0.3, -0.25) is 10.1 Å². The molecule has 0 spiro atoms. The third kappa shape index (κ3) is 4.70. The zero-order valence-corrected chi connectivity index (χ0v) is 16.3. The van der Waals surface area contributed by atoms with Crippen molar-refractivity contribution in [1.82, 2.24) is 9.66 Å². The molecule has 2 aromatic carbocycles. The van der Waals surface area contributed by atoms with Crippen LogP contribution in [0.25, 0.3) is 0 Å². The monoisotopic (exact) mass is 395 g/mol. The van der Waals surface area contributed by atoms with E-state index in [0.717, 1.165) is 22.4 Å². The number of hydrogen-bond acceptors (Lipinski definition) is 7. The molecule has 0 aliphatic rings. The Labute approximate surface area is 167 Å². The second-order valence-electron chi connectivity index (χ2n) is 6.42. The van der Waals surface area contributed by atoms with Gasteiger partial charge >= 0.3 is 5.69 Å². The number of hydrogen-bond donors (Lipinski definition) is 1. The maximum absolute atomic E-state index is 11.3. The van der Waals surface area contributed by atoms with Crippen molar-refractivity contribution in [1.29, 1.82) is 0 Å². The Morgan fingerprint density at radius 2 is 2.00 bits per heavy atom. The molecule has 29 heavy (non-hydrogen) atoms. The summed E-state index contributed by atoms with van der Waals surface area (Å²) >= 11 is 0. The summed E-state index contributed by atoms with van der Waals surface area (Å²) < 4.78 is 12.6. The molecule has 0 aliphatic heterocycles. The number of anilines is 1. The minimum absolute atomic E-state index is 0.0763. The fraction of sp³-hybridized carbons (Fsp3) is 0.200. The fourth-order valence-corrected chi connectivity index (χ4v) is 2.76. The van der Waals surface area contributed by atoms with Crippen molar-refractivity contribution < 1.29 is 14.4 Å². The zero-order chi connectivity index (χ0) is 21.0. The molecule has 0 fully saturated rings. The highest BCUT2D eigenvalue weighted by atomic mass is 16.6. The van der Waals surface area contributed by atoms with Gasteiger partial charge in [0.05, 0.1) is 30.1 Å². The molecular weight excluding hydrogens is 374 g/mol. The third-order valence-corrected chi connectivity index (χ3v) is 4.16. The van der Waals surface area contributed by atoms with Crippen LogP contribution in [0.15, 0.2) is 47.7 Å². The van der Waals surface area contributed by atoms with Gasteiger partial charge in [-0.05, 0) is 49.2 Å². The highest BCUT2D eigenvalue weighted by Gasteiger charge is 2.16. The number of nitrogen functional groups attached to an aromatic ring is 1. The molecular formula is C20H21N5O4. The van der Waals surface area contributed by atoms with Crippen molar-refractivity contribution in [2.75, 3.05) is 12.8 Å². The standard InChI is InChI=1S/C20H21N5O4/c1-13-4-6-19(17(8-13)25(26)27)29-12-16-9-15(5-7-18(16)28-3)10-22-24-11-14(2)23-20(24)21/h4-11H,12H2,1-3H3,(H2,21,23). The number of benzene rings is 2.